The third-order valence-corrected chi connectivity index (χ3v) is 3.43. The highest BCUT2D eigenvalue weighted by molar-refractivity contribution is 5.99. The van der Waals surface area contributed by atoms with E-state index in [1.54, 1.807) is 17.9 Å². The number of benzene rings is 1. The van der Waals surface area contributed by atoms with E-state index in [0.29, 0.717) is 6.42 Å². The van der Waals surface area contributed by atoms with Crippen LogP contribution in [-0.4, -0.2) is 30.1 Å². The van der Waals surface area contributed by atoms with Gasteiger partial charge < -0.3 is 9.64 Å². The van der Waals surface area contributed by atoms with Gasteiger partial charge in [0, 0.05) is 31.0 Å². The molecule has 2 atom stereocenters. The van der Waals surface area contributed by atoms with Crippen molar-refractivity contribution >= 4 is 17.3 Å². The van der Waals surface area contributed by atoms with Crippen LogP contribution in [-0.2, 0) is 16.0 Å². The molecule has 0 aromatic heterocycles. The summed E-state index contributed by atoms with van der Waals surface area (Å²) in [4.78, 5) is 24.2. The van der Waals surface area contributed by atoms with E-state index in [4.69, 9.17) is 4.74 Å². The number of fused-ring (bicyclic) bond motifs is 1. The van der Waals surface area contributed by atoms with E-state index in [2.05, 4.69) is 0 Å². The Hall–Kier alpha value is -1.95. The van der Waals surface area contributed by atoms with Crippen LogP contribution in [0.2, 0.25) is 0 Å². The lowest BCUT2D eigenvalue weighted by Gasteiger charge is -2.25. The molecule has 0 aliphatic carbocycles. The Morgan fingerprint density at radius 1 is 1.58 bits per heavy atom. The number of carbonyl (C=O) groups is 1. The lowest BCUT2D eigenvalue weighted by atomic mass is 10.1. The number of amides is 1. The zero-order chi connectivity index (χ0) is 14.2. The van der Waals surface area contributed by atoms with Gasteiger partial charge in [-0.1, -0.05) is 0 Å². The molecule has 1 heterocycles. The van der Waals surface area contributed by atoms with E-state index < -0.39 is 11.0 Å². The van der Waals surface area contributed by atoms with Crippen LogP contribution in [0.25, 0.3) is 0 Å². The Labute approximate surface area is 111 Å². The Bertz CT molecular complexity index is 529. The number of ether oxygens (including phenoxy) is 1. The smallest absolute Gasteiger partial charge is 0.269 e. The minimum absolute atomic E-state index is 0.0119. The molecule has 1 aromatic carbocycles. The average molecular weight is 264 g/mol. The van der Waals surface area contributed by atoms with Gasteiger partial charge in [-0.2, -0.15) is 0 Å². The van der Waals surface area contributed by atoms with Gasteiger partial charge in [-0.3, -0.25) is 14.9 Å². The molecule has 1 amide bonds. The molecule has 1 aromatic rings. The van der Waals surface area contributed by atoms with Gasteiger partial charge in [-0.15, -0.1) is 0 Å². The number of hydrogen-bond donors (Lipinski definition) is 0. The monoisotopic (exact) mass is 264 g/mol. The minimum Gasteiger partial charge on any atom is -0.372 e. The number of nitro groups is 1. The van der Waals surface area contributed by atoms with Gasteiger partial charge >= 0.3 is 0 Å². The molecular weight excluding hydrogens is 248 g/mol. The van der Waals surface area contributed by atoms with E-state index in [1.165, 1.54) is 19.2 Å². The van der Waals surface area contributed by atoms with Gasteiger partial charge in [-0.25, -0.2) is 0 Å². The lowest BCUT2D eigenvalue weighted by Crippen LogP contribution is -2.42. The Morgan fingerprint density at radius 3 is 2.84 bits per heavy atom. The van der Waals surface area contributed by atoms with Gasteiger partial charge in [0.05, 0.1) is 4.92 Å². The molecule has 0 saturated heterocycles. The van der Waals surface area contributed by atoms with E-state index >= 15 is 0 Å². The van der Waals surface area contributed by atoms with Crippen LogP contribution >= 0.6 is 0 Å². The van der Waals surface area contributed by atoms with Crippen molar-refractivity contribution in [3.8, 4) is 0 Å². The molecule has 19 heavy (non-hydrogen) atoms. The van der Waals surface area contributed by atoms with Crippen molar-refractivity contribution < 1.29 is 14.5 Å². The van der Waals surface area contributed by atoms with Crippen molar-refractivity contribution in [1.29, 1.82) is 0 Å². The van der Waals surface area contributed by atoms with Crippen molar-refractivity contribution in [2.45, 2.75) is 32.4 Å². The van der Waals surface area contributed by atoms with Crippen molar-refractivity contribution in [3.63, 3.8) is 0 Å². The molecule has 0 N–H and O–H groups in total. The molecule has 6 nitrogen and oxygen atoms in total. The zero-order valence-corrected chi connectivity index (χ0v) is 11.1. The highest BCUT2D eigenvalue weighted by Crippen LogP contribution is 2.35. The highest BCUT2D eigenvalue weighted by Gasteiger charge is 2.34. The van der Waals surface area contributed by atoms with Gasteiger partial charge in [0.25, 0.3) is 11.6 Å². The van der Waals surface area contributed by atoms with Gasteiger partial charge in [0.2, 0.25) is 0 Å². The molecule has 102 valence electrons. The molecule has 0 unspecified atom stereocenters. The van der Waals surface area contributed by atoms with E-state index in [9.17, 15) is 14.9 Å². The second-order valence-corrected chi connectivity index (χ2v) is 4.71. The first-order valence-corrected chi connectivity index (χ1v) is 6.09. The first kappa shape index (κ1) is 13.5. The van der Waals surface area contributed by atoms with Crippen molar-refractivity contribution in [2.75, 3.05) is 12.0 Å². The van der Waals surface area contributed by atoms with Gasteiger partial charge in [0.1, 0.15) is 6.10 Å². The standard InChI is InChI=1S/C13H16N2O4/c1-8-6-10-7-11(15(17)18)4-5-12(10)14(8)13(16)9(2)19-3/h4-5,7-9H,6H2,1-3H3/t8-,9-/m1/s1. The van der Waals surface area contributed by atoms with Crippen molar-refractivity contribution in [3.05, 3.63) is 33.9 Å². The predicted molar refractivity (Wildman–Crippen MR) is 70.2 cm³/mol. The Morgan fingerprint density at radius 2 is 2.26 bits per heavy atom. The fourth-order valence-electron chi connectivity index (χ4n) is 2.36. The molecular formula is C13H16N2O4. The summed E-state index contributed by atoms with van der Waals surface area (Å²) in [6, 6.07) is 4.59. The highest BCUT2D eigenvalue weighted by atomic mass is 16.6. The maximum Gasteiger partial charge on any atom is 0.269 e. The van der Waals surface area contributed by atoms with Crippen LogP contribution in [0, 0.1) is 10.1 Å². The summed E-state index contributed by atoms with van der Waals surface area (Å²) in [5.41, 5.74) is 1.63. The molecule has 0 spiro atoms. The van der Waals surface area contributed by atoms with Crippen molar-refractivity contribution in [2.24, 2.45) is 0 Å². The van der Waals surface area contributed by atoms with Crippen molar-refractivity contribution in [1.82, 2.24) is 0 Å². The number of rotatable bonds is 3. The number of nitro benzene ring substituents is 1. The largest absolute Gasteiger partial charge is 0.372 e. The summed E-state index contributed by atoms with van der Waals surface area (Å²) >= 11 is 0. The molecule has 0 fully saturated rings. The summed E-state index contributed by atoms with van der Waals surface area (Å²) < 4.78 is 5.05. The van der Waals surface area contributed by atoms with E-state index in [-0.39, 0.29) is 17.6 Å². The SMILES string of the molecule is CO[C@H](C)C(=O)N1c2ccc([N+](=O)[O-])cc2C[C@H]1C. The first-order valence-electron chi connectivity index (χ1n) is 6.09. The van der Waals surface area contributed by atoms with Gasteiger partial charge in [0.15, 0.2) is 0 Å². The summed E-state index contributed by atoms with van der Waals surface area (Å²) in [7, 11) is 1.49. The number of carbonyl (C=O) groups excluding carboxylic acids is 1. The quantitative estimate of drug-likeness (QED) is 0.617. The first-order chi connectivity index (χ1) is 8.95. The lowest BCUT2D eigenvalue weighted by molar-refractivity contribution is -0.384. The summed E-state index contributed by atoms with van der Waals surface area (Å²) in [5, 5.41) is 10.8. The maximum absolute atomic E-state index is 12.2. The molecule has 0 saturated carbocycles. The molecule has 0 radical (unpaired) electrons. The van der Waals surface area contributed by atoms with Crippen LogP contribution in [0.3, 0.4) is 0 Å². The number of non-ortho nitro benzene ring substituents is 1. The summed E-state index contributed by atoms with van der Waals surface area (Å²) in [5.74, 6) is -0.123. The fraction of sp³-hybridized carbons (Fsp3) is 0.462. The Balaban J connectivity index is 2.37. The topological polar surface area (TPSA) is 72.7 Å². The minimum atomic E-state index is -0.524. The third-order valence-electron chi connectivity index (χ3n) is 3.43. The molecule has 6 heteroatoms. The maximum atomic E-state index is 12.2. The predicted octanol–water partition coefficient (Wildman–Crippen LogP) is 1.91. The summed E-state index contributed by atoms with van der Waals surface area (Å²) in [6.45, 7) is 3.62. The van der Waals surface area contributed by atoms with Gasteiger partial charge in [-0.05, 0) is 31.9 Å². The molecule has 1 aliphatic heterocycles. The third kappa shape index (κ3) is 2.31. The van der Waals surface area contributed by atoms with E-state index in [0.717, 1.165) is 11.3 Å². The second-order valence-electron chi connectivity index (χ2n) is 4.71. The van der Waals surface area contributed by atoms with Crippen LogP contribution in [0.4, 0.5) is 11.4 Å². The van der Waals surface area contributed by atoms with Crippen LogP contribution < -0.4 is 4.90 Å². The number of methoxy groups -OCH3 is 1. The Kier molecular flexibility index (Phi) is 3.53. The van der Waals surface area contributed by atoms with Crippen LogP contribution in [0.1, 0.15) is 19.4 Å². The van der Waals surface area contributed by atoms with Crippen LogP contribution in [0.5, 0.6) is 0 Å². The zero-order valence-electron chi connectivity index (χ0n) is 11.1. The average Bonchev–Trinajstić information content (AvgIpc) is 2.71. The molecule has 2 rings (SSSR count). The second kappa shape index (κ2) is 4.97. The normalized spacial score (nSPS) is 19.1. The van der Waals surface area contributed by atoms with Crippen LogP contribution in [0.15, 0.2) is 18.2 Å². The fourth-order valence-corrected chi connectivity index (χ4v) is 2.36. The number of nitrogens with zero attached hydrogens (tertiary/aromatic N) is 2. The molecule has 0 bridgehead atoms. The number of anilines is 1. The molecule has 1 aliphatic rings. The number of hydrogen-bond acceptors (Lipinski definition) is 4. The summed E-state index contributed by atoms with van der Waals surface area (Å²) in [6.07, 6.45) is 0.0997. The van der Waals surface area contributed by atoms with E-state index in [1.807, 2.05) is 6.92 Å².